The van der Waals surface area contributed by atoms with E-state index in [4.69, 9.17) is 14.2 Å². The van der Waals surface area contributed by atoms with Crippen LogP contribution in [0.1, 0.15) is 72.1 Å². The summed E-state index contributed by atoms with van der Waals surface area (Å²) in [6.07, 6.45) is 9.01. The van der Waals surface area contributed by atoms with Crippen LogP contribution < -0.4 is 0 Å². The average molecular weight is 340 g/mol. The lowest BCUT2D eigenvalue weighted by Gasteiger charge is -2.24. The molecule has 5 nitrogen and oxygen atoms in total. The highest BCUT2D eigenvalue weighted by molar-refractivity contribution is 5.69. The third-order valence-electron chi connectivity index (χ3n) is 4.61. The predicted molar refractivity (Wildman–Crippen MR) is 91.5 cm³/mol. The van der Waals surface area contributed by atoms with Crippen molar-refractivity contribution in [2.45, 2.75) is 102 Å². The predicted octanol–water partition coefficient (Wildman–Crippen LogP) is 3.49. The van der Waals surface area contributed by atoms with Crippen molar-refractivity contribution in [2.75, 3.05) is 0 Å². The lowest BCUT2D eigenvalue weighted by Crippen LogP contribution is -2.32. The van der Waals surface area contributed by atoms with E-state index in [-0.39, 0.29) is 24.6 Å². The fourth-order valence-corrected chi connectivity index (χ4v) is 3.33. The topological polar surface area (TPSA) is 65.0 Å². The zero-order valence-electron chi connectivity index (χ0n) is 15.2. The second-order valence-corrected chi connectivity index (χ2v) is 7.29. The van der Waals surface area contributed by atoms with Gasteiger partial charge in [-0.25, -0.2) is 0 Å². The summed E-state index contributed by atoms with van der Waals surface area (Å²) in [6.45, 7) is 5.93. The number of hydrogen-bond donors (Lipinski definition) is 1. The number of fused-ring (bicyclic) bond motifs is 1. The summed E-state index contributed by atoms with van der Waals surface area (Å²) in [7, 11) is 0. The van der Waals surface area contributed by atoms with Crippen LogP contribution in [0.5, 0.6) is 0 Å². The molecule has 0 amide bonds. The number of hydrogen-bond acceptors (Lipinski definition) is 5. The summed E-state index contributed by atoms with van der Waals surface area (Å²) in [6, 6.07) is 0. The monoisotopic (exact) mass is 340 g/mol. The second kappa shape index (κ2) is 8.97. The van der Waals surface area contributed by atoms with Gasteiger partial charge < -0.3 is 19.3 Å². The van der Waals surface area contributed by atoms with Gasteiger partial charge in [-0.1, -0.05) is 44.8 Å². The van der Waals surface area contributed by atoms with E-state index in [1.165, 1.54) is 6.42 Å². The molecule has 1 N–H and O–H groups in total. The van der Waals surface area contributed by atoms with E-state index in [1.54, 1.807) is 0 Å². The molecular formula is C19H32O5. The van der Waals surface area contributed by atoms with Gasteiger partial charge in [0, 0.05) is 12.8 Å². The van der Waals surface area contributed by atoms with Crippen LogP contribution in [0.15, 0.2) is 12.2 Å². The number of esters is 1. The van der Waals surface area contributed by atoms with Crippen LogP contribution in [0.4, 0.5) is 0 Å². The molecule has 5 heteroatoms. The number of cyclic esters (lactones) is 1. The molecule has 1 saturated heterocycles. The number of carbonyl (C=O) groups is 1. The van der Waals surface area contributed by atoms with Gasteiger partial charge in [0.15, 0.2) is 5.79 Å². The molecule has 24 heavy (non-hydrogen) atoms. The van der Waals surface area contributed by atoms with Crippen molar-refractivity contribution in [2.24, 2.45) is 0 Å². The minimum absolute atomic E-state index is 0.126. The molecule has 0 bridgehead atoms. The molecule has 2 rings (SSSR count). The maximum Gasteiger partial charge on any atom is 0.306 e. The highest BCUT2D eigenvalue weighted by Gasteiger charge is 2.40. The Morgan fingerprint density at radius 1 is 1.29 bits per heavy atom. The number of rotatable bonds is 6. The van der Waals surface area contributed by atoms with Gasteiger partial charge in [-0.3, -0.25) is 4.79 Å². The number of ether oxygens (including phenoxy) is 3. The average Bonchev–Trinajstić information content (AvgIpc) is 2.82. The van der Waals surface area contributed by atoms with Gasteiger partial charge in [-0.15, -0.1) is 0 Å². The summed E-state index contributed by atoms with van der Waals surface area (Å²) in [5.74, 6) is -0.898. The molecule has 2 heterocycles. The molecule has 0 spiro atoms. The van der Waals surface area contributed by atoms with Gasteiger partial charge in [0.1, 0.15) is 12.2 Å². The smallest absolute Gasteiger partial charge is 0.306 e. The maximum absolute atomic E-state index is 12.1. The summed E-state index contributed by atoms with van der Waals surface area (Å²) >= 11 is 0. The Morgan fingerprint density at radius 3 is 2.83 bits per heavy atom. The van der Waals surface area contributed by atoms with Crippen LogP contribution >= 0.6 is 0 Å². The van der Waals surface area contributed by atoms with Gasteiger partial charge in [-0.2, -0.15) is 0 Å². The van der Waals surface area contributed by atoms with Gasteiger partial charge in [0.25, 0.3) is 0 Å². The van der Waals surface area contributed by atoms with Crippen LogP contribution in [0.2, 0.25) is 0 Å². The zero-order valence-corrected chi connectivity index (χ0v) is 15.2. The fraction of sp³-hybridized carbons (Fsp3) is 0.842. The zero-order chi connectivity index (χ0) is 17.6. The molecular weight excluding hydrogens is 308 g/mol. The van der Waals surface area contributed by atoms with Gasteiger partial charge in [-0.05, 0) is 26.7 Å². The first-order valence-electron chi connectivity index (χ1n) is 9.31. The lowest BCUT2D eigenvalue weighted by molar-refractivity contribution is -0.157. The summed E-state index contributed by atoms with van der Waals surface area (Å²) in [5, 5.41) is 10.4. The Kier molecular flexibility index (Phi) is 7.26. The van der Waals surface area contributed by atoms with Crippen molar-refractivity contribution in [1.82, 2.24) is 0 Å². The molecule has 0 saturated carbocycles. The molecule has 2 aliphatic heterocycles. The van der Waals surface area contributed by atoms with Crippen molar-refractivity contribution in [3.05, 3.63) is 12.2 Å². The van der Waals surface area contributed by atoms with Crippen LogP contribution in [-0.4, -0.2) is 41.3 Å². The first kappa shape index (κ1) is 19.4. The van der Waals surface area contributed by atoms with Crippen molar-refractivity contribution in [3.63, 3.8) is 0 Å². The SMILES string of the molecule is CCCCCC[C@H](O)[C@@H]1C/C=C/[C@H]2OC(C)(C)O[C@@H]2CCC(=O)O1. The van der Waals surface area contributed by atoms with Crippen LogP contribution in [0.25, 0.3) is 0 Å². The van der Waals surface area contributed by atoms with E-state index >= 15 is 0 Å². The quantitative estimate of drug-likeness (QED) is 0.455. The number of aliphatic hydroxyl groups is 1. The largest absolute Gasteiger partial charge is 0.459 e. The van der Waals surface area contributed by atoms with E-state index in [2.05, 4.69) is 6.92 Å². The highest BCUT2D eigenvalue weighted by atomic mass is 16.7. The van der Waals surface area contributed by atoms with E-state index in [9.17, 15) is 9.90 Å². The first-order chi connectivity index (χ1) is 11.4. The number of unbranched alkanes of at least 4 members (excludes halogenated alkanes) is 3. The van der Waals surface area contributed by atoms with Gasteiger partial charge in [0.05, 0.1) is 12.2 Å². The van der Waals surface area contributed by atoms with Crippen LogP contribution in [0, 0.1) is 0 Å². The fourth-order valence-electron chi connectivity index (χ4n) is 3.33. The Labute approximate surface area is 145 Å². The van der Waals surface area contributed by atoms with Crippen LogP contribution in [0.3, 0.4) is 0 Å². The summed E-state index contributed by atoms with van der Waals surface area (Å²) < 4.78 is 17.2. The number of carbonyl (C=O) groups excluding carboxylic acids is 1. The van der Waals surface area contributed by atoms with Crippen molar-refractivity contribution < 1.29 is 24.1 Å². The molecule has 0 aromatic carbocycles. The second-order valence-electron chi connectivity index (χ2n) is 7.29. The first-order valence-corrected chi connectivity index (χ1v) is 9.31. The van der Waals surface area contributed by atoms with Crippen molar-refractivity contribution in [1.29, 1.82) is 0 Å². The molecule has 0 aromatic rings. The van der Waals surface area contributed by atoms with Crippen molar-refractivity contribution >= 4 is 5.97 Å². The van der Waals surface area contributed by atoms with Crippen LogP contribution in [-0.2, 0) is 19.0 Å². The Morgan fingerprint density at radius 2 is 2.08 bits per heavy atom. The van der Waals surface area contributed by atoms with E-state index in [0.29, 0.717) is 19.3 Å². The molecule has 1 fully saturated rings. The van der Waals surface area contributed by atoms with E-state index in [0.717, 1.165) is 19.3 Å². The third kappa shape index (κ3) is 5.87. The molecule has 0 aromatic heterocycles. The standard InChI is InChI=1S/C19H32O5/c1-4-5-6-7-9-14(20)15-10-8-11-16-17(12-13-18(21)22-15)24-19(2,3)23-16/h8,11,14-17,20H,4-7,9-10,12-13H2,1-3H3/b11-8+/t14-,15-,16+,17+/m0/s1. The molecule has 2 aliphatic rings. The normalized spacial score (nSPS) is 32.7. The Bertz CT molecular complexity index is 431. The molecule has 0 unspecified atom stereocenters. The van der Waals surface area contributed by atoms with Gasteiger partial charge >= 0.3 is 5.97 Å². The van der Waals surface area contributed by atoms with E-state index < -0.39 is 18.0 Å². The van der Waals surface area contributed by atoms with Gasteiger partial charge in [0.2, 0.25) is 0 Å². The van der Waals surface area contributed by atoms with Crippen molar-refractivity contribution in [3.8, 4) is 0 Å². The number of aliphatic hydroxyl groups excluding tert-OH is 1. The molecule has 4 atom stereocenters. The third-order valence-corrected chi connectivity index (χ3v) is 4.61. The minimum Gasteiger partial charge on any atom is -0.459 e. The summed E-state index contributed by atoms with van der Waals surface area (Å²) in [5.41, 5.74) is 0. The Balaban J connectivity index is 1.94. The van der Waals surface area contributed by atoms with E-state index in [1.807, 2.05) is 26.0 Å². The summed E-state index contributed by atoms with van der Waals surface area (Å²) in [4.78, 5) is 12.1. The Hall–Kier alpha value is -0.910. The lowest BCUT2D eigenvalue weighted by atomic mass is 10.0. The molecule has 0 radical (unpaired) electrons. The minimum atomic E-state index is -0.629. The highest BCUT2D eigenvalue weighted by Crippen LogP contribution is 2.32. The molecule has 138 valence electrons. The molecule has 0 aliphatic carbocycles. The maximum atomic E-state index is 12.1.